The first-order chi connectivity index (χ1) is 10.7. The largest absolute Gasteiger partial charge is 0.481 e. The van der Waals surface area contributed by atoms with Crippen LogP contribution in [-0.4, -0.2) is 41.1 Å². The molecule has 0 aromatic heterocycles. The molecule has 1 saturated carbocycles. The Morgan fingerprint density at radius 1 is 1.18 bits per heavy atom. The molecule has 2 unspecified atom stereocenters. The molecular formula is C18H26N2O2. The molecule has 3 rings (SSSR count). The van der Waals surface area contributed by atoms with Gasteiger partial charge in [0.05, 0.1) is 5.92 Å². The Labute approximate surface area is 132 Å². The van der Waals surface area contributed by atoms with Crippen LogP contribution in [0.2, 0.25) is 0 Å². The fraction of sp³-hybridized carbons (Fsp3) is 0.611. The van der Waals surface area contributed by atoms with E-state index in [2.05, 4.69) is 22.3 Å². The number of carboxylic acid groups (broad SMARTS) is 1. The first kappa shape index (κ1) is 15.5. The number of carbonyl (C=O) groups is 1. The second-order valence-electron chi connectivity index (χ2n) is 6.73. The van der Waals surface area contributed by atoms with E-state index in [9.17, 15) is 9.90 Å². The molecule has 2 aliphatic rings. The third kappa shape index (κ3) is 3.87. The van der Waals surface area contributed by atoms with Crippen molar-refractivity contribution >= 4 is 5.97 Å². The highest BCUT2D eigenvalue weighted by molar-refractivity contribution is 5.70. The molecule has 2 N–H and O–H groups in total. The van der Waals surface area contributed by atoms with E-state index >= 15 is 0 Å². The van der Waals surface area contributed by atoms with E-state index in [4.69, 9.17) is 0 Å². The lowest BCUT2D eigenvalue weighted by Gasteiger charge is -2.40. The van der Waals surface area contributed by atoms with Gasteiger partial charge >= 0.3 is 5.97 Å². The van der Waals surface area contributed by atoms with Gasteiger partial charge in [-0.3, -0.25) is 9.69 Å². The molecule has 0 spiro atoms. The highest BCUT2D eigenvalue weighted by Crippen LogP contribution is 2.28. The van der Waals surface area contributed by atoms with Crippen molar-refractivity contribution in [1.82, 2.24) is 10.2 Å². The summed E-state index contributed by atoms with van der Waals surface area (Å²) in [4.78, 5) is 13.9. The first-order valence-corrected chi connectivity index (χ1v) is 8.46. The number of aliphatic carboxylic acids is 1. The second kappa shape index (κ2) is 7.25. The average Bonchev–Trinajstić information content (AvgIpc) is 3.08. The van der Waals surface area contributed by atoms with Crippen LogP contribution in [0, 0.1) is 5.92 Å². The van der Waals surface area contributed by atoms with Gasteiger partial charge in [0.15, 0.2) is 0 Å². The van der Waals surface area contributed by atoms with Gasteiger partial charge in [0.25, 0.3) is 0 Å². The predicted molar refractivity (Wildman–Crippen MR) is 86.6 cm³/mol. The van der Waals surface area contributed by atoms with Crippen molar-refractivity contribution in [3.8, 4) is 0 Å². The normalized spacial score (nSPS) is 27.1. The van der Waals surface area contributed by atoms with Gasteiger partial charge in [-0.05, 0) is 24.8 Å². The third-order valence-electron chi connectivity index (χ3n) is 5.11. The van der Waals surface area contributed by atoms with Crippen LogP contribution < -0.4 is 5.32 Å². The molecule has 4 heteroatoms. The van der Waals surface area contributed by atoms with Crippen molar-refractivity contribution in [3.63, 3.8) is 0 Å². The number of carboxylic acids is 1. The molecule has 1 aliphatic carbocycles. The quantitative estimate of drug-likeness (QED) is 0.877. The van der Waals surface area contributed by atoms with E-state index in [-0.39, 0.29) is 12.0 Å². The van der Waals surface area contributed by atoms with Gasteiger partial charge in [-0.2, -0.15) is 0 Å². The molecule has 4 nitrogen and oxygen atoms in total. The van der Waals surface area contributed by atoms with Crippen LogP contribution in [0.25, 0.3) is 0 Å². The summed E-state index contributed by atoms with van der Waals surface area (Å²) in [5.74, 6) is -0.878. The molecule has 2 fully saturated rings. The number of benzene rings is 1. The van der Waals surface area contributed by atoms with E-state index < -0.39 is 5.97 Å². The van der Waals surface area contributed by atoms with Gasteiger partial charge in [-0.15, -0.1) is 0 Å². The van der Waals surface area contributed by atoms with Crippen LogP contribution in [0.1, 0.15) is 37.7 Å². The van der Waals surface area contributed by atoms with Crippen LogP contribution >= 0.6 is 0 Å². The summed E-state index contributed by atoms with van der Waals surface area (Å²) in [5, 5.41) is 13.0. The highest BCUT2D eigenvalue weighted by atomic mass is 16.4. The summed E-state index contributed by atoms with van der Waals surface area (Å²) in [6, 6.07) is 11.2. The van der Waals surface area contributed by atoms with Crippen molar-refractivity contribution in [2.75, 3.05) is 13.1 Å². The lowest BCUT2D eigenvalue weighted by atomic mass is 9.92. The fourth-order valence-electron chi connectivity index (χ4n) is 3.89. The molecule has 1 saturated heterocycles. The first-order valence-electron chi connectivity index (χ1n) is 8.46. The van der Waals surface area contributed by atoms with E-state index in [1.807, 2.05) is 18.2 Å². The summed E-state index contributed by atoms with van der Waals surface area (Å²) in [6.45, 7) is 2.53. The average molecular weight is 302 g/mol. The van der Waals surface area contributed by atoms with Gasteiger partial charge in [-0.25, -0.2) is 0 Å². The number of hydrogen-bond acceptors (Lipinski definition) is 3. The van der Waals surface area contributed by atoms with E-state index in [1.54, 1.807) is 0 Å². The lowest BCUT2D eigenvalue weighted by Crippen LogP contribution is -2.53. The molecule has 22 heavy (non-hydrogen) atoms. The third-order valence-corrected chi connectivity index (χ3v) is 5.11. The Morgan fingerprint density at radius 3 is 2.59 bits per heavy atom. The molecule has 1 heterocycles. The van der Waals surface area contributed by atoms with Gasteiger partial charge < -0.3 is 10.4 Å². The zero-order chi connectivity index (χ0) is 15.4. The van der Waals surface area contributed by atoms with Crippen molar-refractivity contribution in [2.24, 2.45) is 5.92 Å². The van der Waals surface area contributed by atoms with E-state index in [0.717, 1.165) is 26.1 Å². The van der Waals surface area contributed by atoms with Crippen molar-refractivity contribution < 1.29 is 9.90 Å². The summed E-state index contributed by atoms with van der Waals surface area (Å²) in [5.41, 5.74) is 1.26. The molecule has 120 valence electrons. The Bertz CT molecular complexity index is 485. The molecule has 0 amide bonds. The number of piperidine rings is 1. The maximum absolute atomic E-state index is 11.5. The van der Waals surface area contributed by atoms with Crippen molar-refractivity contribution in [1.29, 1.82) is 0 Å². The SMILES string of the molecule is O=C(O)C1CC(NCc2ccccc2)CN(C2CCCC2)C1. The van der Waals surface area contributed by atoms with Gasteiger partial charge in [0.2, 0.25) is 0 Å². The molecular weight excluding hydrogens is 276 g/mol. The van der Waals surface area contributed by atoms with Gasteiger partial charge in [0, 0.05) is 31.7 Å². The molecule has 1 aromatic carbocycles. The minimum Gasteiger partial charge on any atom is -0.481 e. The number of hydrogen-bond donors (Lipinski definition) is 2. The standard InChI is InChI=1S/C18H26N2O2/c21-18(22)15-10-16(19-11-14-6-2-1-3-7-14)13-20(12-15)17-8-4-5-9-17/h1-3,6-7,15-17,19H,4-5,8-13H2,(H,21,22). The summed E-state index contributed by atoms with van der Waals surface area (Å²) < 4.78 is 0. The van der Waals surface area contributed by atoms with Crippen molar-refractivity contribution in [2.45, 2.75) is 50.7 Å². The van der Waals surface area contributed by atoms with Crippen LogP contribution in [0.4, 0.5) is 0 Å². The van der Waals surface area contributed by atoms with Crippen molar-refractivity contribution in [3.05, 3.63) is 35.9 Å². The van der Waals surface area contributed by atoms with Crippen LogP contribution in [0.3, 0.4) is 0 Å². The van der Waals surface area contributed by atoms with Crippen LogP contribution in [-0.2, 0) is 11.3 Å². The summed E-state index contributed by atoms with van der Waals surface area (Å²) in [7, 11) is 0. The Morgan fingerprint density at radius 2 is 1.91 bits per heavy atom. The van der Waals surface area contributed by atoms with Crippen LogP contribution in [0.15, 0.2) is 30.3 Å². The Kier molecular flexibility index (Phi) is 5.11. The number of nitrogens with one attached hydrogen (secondary N) is 1. The maximum atomic E-state index is 11.5. The number of rotatable bonds is 5. The second-order valence-corrected chi connectivity index (χ2v) is 6.73. The van der Waals surface area contributed by atoms with E-state index in [1.165, 1.54) is 31.2 Å². The smallest absolute Gasteiger partial charge is 0.307 e. The maximum Gasteiger partial charge on any atom is 0.307 e. The Balaban J connectivity index is 1.60. The molecule has 1 aliphatic heterocycles. The Hall–Kier alpha value is -1.39. The van der Waals surface area contributed by atoms with Gasteiger partial charge in [0.1, 0.15) is 0 Å². The monoisotopic (exact) mass is 302 g/mol. The topological polar surface area (TPSA) is 52.6 Å². The highest BCUT2D eigenvalue weighted by Gasteiger charge is 2.35. The summed E-state index contributed by atoms with van der Waals surface area (Å²) >= 11 is 0. The predicted octanol–water partition coefficient (Wildman–Crippen LogP) is 2.49. The summed E-state index contributed by atoms with van der Waals surface area (Å²) in [6.07, 6.45) is 5.79. The fourth-order valence-corrected chi connectivity index (χ4v) is 3.89. The molecule has 1 aromatic rings. The minimum atomic E-state index is -0.644. The van der Waals surface area contributed by atoms with Gasteiger partial charge in [-0.1, -0.05) is 43.2 Å². The molecule has 0 bridgehead atoms. The number of nitrogens with zero attached hydrogens (tertiary/aromatic N) is 1. The zero-order valence-corrected chi connectivity index (χ0v) is 13.1. The minimum absolute atomic E-state index is 0.234. The van der Waals surface area contributed by atoms with Crippen LogP contribution in [0.5, 0.6) is 0 Å². The lowest BCUT2D eigenvalue weighted by molar-refractivity contribution is -0.144. The van der Waals surface area contributed by atoms with E-state index in [0.29, 0.717) is 6.04 Å². The molecule has 0 radical (unpaired) electrons. The zero-order valence-electron chi connectivity index (χ0n) is 13.1. The number of likely N-dealkylation sites (tertiary alicyclic amines) is 1. The molecule has 2 atom stereocenters.